The molecule has 0 radical (unpaired) electrons. The number of carbonyl (C=O) groups is 3. The zero-order valence-corrected chi connectivity index (χ0v) is 15.7. The van der Waals surface area contributed by atoms with Crippen molar-refractivity contribution in [2.75, 3.05) is 19.5 Å². The molecule has 0 saturated heterocycles. The van der Waals surface area contributed by atoms with Crippen LogP contribution in [0, 0.1) is 0 Å². The molecule has 9 heteroatoms. The summed E-state index contributed by atoms with van der Waals surface area (Å²) in [5, 5.41) is 10.3. The normalized spacial score (nSPS) is 11.6. The molecule has 1 aromatic heterocycles. The summed E-state index contributed by atoms with van der Waals surface area (Å²) in [5.41, 5.74) is 1.23. The number of hydrogen-bond acceptors (Lipinski definition) is 7. The number of nitrogens with zero attached hydrogens (tertiary/aromatic N) is 3. The average Bonchev–Trinajstić information content (AvgIpc) is 3.12. The van der Waals surface area contributed by atoms with Crippen LogP contribution in [-0.2, 0) is 20.7 Å². The number of nitrogens with one attached hydrogen (secondary N) is 1. The van der Waals surface area contributed by atoms with Crippen molar-refractivity contribution in [3.8, 4) is 0 Å². The van der Waals surface area contributed by atoms with Crippen LogP contribution in [0.25, 0.3) is 0 Å². The Hall–Kier alpha value is -3.23. The van der Waals surface area contributed by atoms with Gasteiger partial charge in [-0.05, 0) is 30.5 Å². The highest BCUT2D eigenvalue weighted by atomic mass is 16.5. The fourth-order valence-corrected chi connectivity index (χ4v) is 2.55. The average molecular weight is 374 g/mol. The van der Waals surface area contributed by atoms with Gasteiger partial charge in [0.25, 0.3) is 0 Å². The standard InChI is InChI=1S/C18H22N4O5/c1-5-11-7-9-12(10-8-11)19-16(23)13(6-2)22-15(18(25)27-4)14(20-21-22)17(24)26-3/h7-10,13H,5-6H2,1-4H3,(H,19,23)/t13-/m0/s1. The van der Waals surface area contributed by atoms with Gasteiger partial charge in [-0.15, -0.1) is 5.10 Å². The number of aryl methyl sites for hydroxylation is 1. The lowest BCUT2D eigenvalue weighted by Gasteiger charge is -2.17. The Kier molecular flexibility index (Phi) is 6.64. The zero-order chi connectivity index (χ0) is 20.0. The van der Waals surface area contributed by atoms with Gasteiger partial charge in [0.05, 0.1) is 14.2 Å². The second-order valence-corrected chi connectivity index (χ2v) is 5.68. The van der Waals surface area contributed by atoms with E-state index in [2.05, 4.69) is 20.4 Å². The summed E-state index contributed by atoms with van der Waals surface area (Å²) in [5.74, 6) is -2.07. The number of amides is 1. The summed E-state index contributed by atoms with van der Waals surface area (Å²) >= 11 is 0. The lowest BCUT2D eigenvalue weighted by atomic mass is 10.1. The third-order valence-corrected chi connectivity index (χ3v) is 4.07. The molecule has 9 nitrogen and oxygen atoms in total. The molecule has 1 heterocycles. The van der Waals surface area contributed by atoms with E-state index in [1.165, 1.54) is 0 Å². The Morgan fingerprint density at radius 3 is 2.22 bits per heavy atom. The minimum atomic E-state index is -0.865. The third kappa shape index (κ3) is 4.30. The van der Waals surface area contributed by atoms with Gasteiger partial charge in [-0.3, -0.25) is 4.79 Å². The first kappa shape index (κ1) is 20.1. The SMILES string of the molecule is CCc1ccc(NC(=O)[C@H](CC)n2nnc(C(=O)OC)c2C(=O)OC)cc1. The molecule has 0 unspecified atom stereocenters. The van der Waals surface area contributed by atoms with Gasteiger partial charge in [0.1, 0.15) is 6.04 Å². The Morgan fingerprint density at radius 1 is 1.07 bits per heavy atom. The molecule has 0 aliphatic carbocycles. The number of aromatic nitrogens is 3. The molecule has 0 saturated carbocycles. The molecule has 1 aromatic carbocycles. The van der Waals surface area contributed by atoms with E-state index in [1.807, 2.05) is 19.1 Å². The number of ether oxygens (including phenoxy) is 2. The number of anilines is 1. The summed E-state index contributed by atoms with van der Waals surface area (Å²) in [6.07, 6.45) is 1.20. The van der Waals surface area contributed by atoms with Gasteiger partial charge >= 0.3 is 11.9 Å². The molecule has 144 valence electrons. The fraction of sp³-hybridized carbons (Fsp3) is 0.389. The van der Waals surface area contributed by atoms with Gasteiger partial charge in [0.15, 0.2) is 5.69 Å². The van der Waals surface area contributed by atoms with Crippen molar-refractivity contribution in [2.45, 2.75) is 32.7 Å². The van der Waals surface area contributed by atoms with Crippen LogP contribution < -0.4 is 5.32 Å². The van der Waals surface area contributed by atoms with Gasteiger partial charge < -0.3 is 14.8 Å². The van der Waals surface area contributed by atoms with E-state index in [0.717, 1.165) is 30.9 Å². The molecule has 1 atom stereocenters. The minimum Gasteiger partial charge on any atom is -0.464 e. The predicted octanol–water partition coefficient (Wildman–Crippen LogP) is 2.00. The Bertz CT molecular complexity index is 829. The molecule has 1 amide bonds. The minimum absolute atomic E-state index is 0.229. The summed E-state index contributed by atoms with van der Waals surface area (Å²) in [6.45, 7) is 3.80. The van der Waals surface area contributed by atoms with Crippen LogP contribution in [0.2, 0.25) is 0 Å². The lowest BCUT2D eigenvalue weighted by Crippen LogP contribution is -2.29. The van der Waals surface area contributed by atoms with Crippen LogP contribution >= 0.6 is 0 Å². The van der Waals surface area contributed by atoms with Crippen molar-refractivity contribution in [1.82, 2.24) is 15.0 Å². The van der Waals surface area contributed by atoms with Crippen molar-refractivity contribution in [1.29, 1.82) is 0 Å². The molecule has 1 N–H and O–H groups in total. The van der Waals surface area contributed by atoms with Crippen molar-refractivity contribution < 1.29 is 23.9 Å². The molecule has 0 spiro atoms. The van der Waals surface area contributed by atoms with Gasteiger partial charge in [0, 0.05) is 5.69 Å². The monoisotopic (exact) mass is 374 g/mol. The molecule has 0 bridgehead atoms. The Balaban J connectivity index is 2.35. The molecule has 0 aliphatic rings. The van der Waals surface area contributed by atoms with Gasteiger partial charge in [0.2, 0.25) is 11.6 Å². The molecular formula is C18H22N4O5. The second kappa shape index (κ2) is 8.93. The van der Waals surface area contributed by atoms with Crippen molar-refractivity contribution >= 4 is 23.5 Å². The van der Waals surface area contributed by atoms with E-state index in [4.69, 9.17) is 4.74 Å². The van der Waals surface area contributed by atoms with Crippen molar-refractivity contribution in [3.05, 3.63) is 41.2 Å². The number of methoxy groups -OCH3 is 2. The maximum absolute atomic E-state index is 12.7. The van der Waals surface area contributed by atoms with E-state index in [0.29, 0.717) is 12.1 Å². The first-order chi connectivity index (χ1) is 13.0. The van der Waals surface area contributed by atoms with Crippen LogP contribution in [0.15, 0.2) is 24.3 Å². The lowest BCUT2D eigenvalue weighted by molar-refractivity contribution is -0.119. The van der Waals surface area contributed by atoms with Crippen LogP contribution in [0.3, 0.4) is 0 Å². The molecule has 0 aliphatic heterocycles. The van der Waals surface area contributed by atoms with E-state index < -0.39 is 23.9 Å². The van der Waals surface area contributed by atoms with Gasteiger partial charge in [-0.1, -0.05) is 31.2 Å². The topological polar surface area (TPSA) is 112 Å². The highest BCUT2D eigenvalue weighted by Crippen LogP contribution is 2.20. The first-order valence-corrected chi connectivity index (χ1v) is 8.48. The number of esters is 2. The maximum atomic E-state index is 12.7. The number of carbonyl (C=O) groups excluding carboxylic acids is 3. The predicted molar refractivity (Wildman–Crippen MR) is 96.5 cm³/mol. The molecule has 2 aromatic rings. The fourth-order valence-electron chi connectivity index (χ4n) is 2.55. The van der Waals surface area contributed by atoms with E-state index in [1.54, 1.807) is 19.1 Å². The van der Waals surface area contributed by atoms with E-state index in [9.17, 15) is 14.4 Å². The summed E-state index contributed by atoms with van der Waals surface area (Å²) in [7, 11) is 2.32. The van der Waals surface area contributed by atoms with Crippen LogP contribution in [0.5, 0.6) is 0 Å². The summed E-state index contributed by atoms with van der Waals surface area (Å²) < 4.78 is 10.4. The smallest absolute Gasteiger partial charge is 0.361 e. The van der Waals surface area contributed by atoms with Crippen LogP contribution in [-0.4, -0.2) is 47.1 Å². The number of rotatable bonds is 7. The summed E-state index contributed by atoms with van der Waals surface area (Å²) in [6, 6.07) is 6.57. The second-order valence-electron chi connectivity index (χ2n) is 5.68. The highest BCUT2D eigenvalue weighted by Gasteiger charge is 2.32. The maximum Gasteiger partial charge on any atom is 0.361 e. The van der Waals surface area contributed by atoms with E-state index >= 15 is 0 Å². The van der Waals surface area contributed by atoms with Crippen molar-refractivity contribution in [3.63, 3.8) is 0 Å². The largest absolute Gasteiger partial charge is 0.464 e. The molecule has 0 fully saturated rings. The quantitative estimate of drug-likeness (QED) is 0.738. The first-order valence-electron chi connectivity index (χ1n) is 8.48. The Morgan fingerprint density at radius 2 is 1.70 bits per heavy atom. The van der Waals surface area contributed by atoms with Crippen molar-refractivity contribution in [2.24, 2.45) is 0 Å². The van der Waals surface area contributed by atoms with Gasteiger partial charge in [-0.2, -0.15) is 0 Å². The summed E-state index contributed by atoms with van der Waals surface area (Å²) in [4.78, 5) is 36.7. The highest BCUT2D eigenvalue weighted by molar-refractivity contribution is 6.01. The Labute approximate surface area is 156 Å². The third-order valence-electron chi connectivity index (χ3n) is 4.07. The number of benzene rings is 1. The zero-order valence-electron chi connectivity index (χ0n) is 15.7. The van der Waals surface area contributed by atoms with E-state index in [-0.39, 0.29) is 11.4 Å². The molecule has 2 rings (SSSR count). The van der Waals surface area contributed by atoms with Crippen LogP contribution in [0.1, 0.15) is 52.9 Å². The number of hydrogen-bond donors (Lipinski definition) is 1. The van der Waals surface area contributed by atoms with Gasteiger partial charge in [-0.25, -0.2) is 14.3 Å². The molecular weight excluding hydrogens is 352 g/mol. The molecule has 27 heavy (non-hydrogen) atoms. The van der Waals surface area contributed by atoms with Crippen LogP contribution in [0.4, 0.5) is 5.69 Å².